The van der Waals surface area contributed by atoms with Crippen molar-refractivity contribution < 1.29 is 19.5 Å². The van der Waals surface area contributed by atoms with E-state index in [1.54, 1.807) is 4.90 Å². The molecule has 0 saturated carbocycles. The van der Waals surface area contributed by atoms with Gasteiger partial charge in [-0.25, -0.2) is 0 Å². The molecule has 0 aromatic heterocycles. The lowest BCUT2D eigenvalue weighted by Gasteiger charge is -2.21. The number of aliphatic carboxylic acids is 1. The van der Waals surface area contributed by atoms with Crippen LogP contribution in [0.4, 0.5) is 5.69 Å². The minimum atomic E-state index is -0.877. The molecule has 6 heteroatoms. The van der Waals surface area contributed by atoms with Gasteiger partial charge in [-0.15, -0.1) is 0 Å². The average Bonchev–Trinajstić information content (AvgIpc) is 3.03. The highest BCUT2D eigenvalue weighted by Gasteiger charge is 2.38. The quantitative estimate of drug-likeness (QED) is 0.864. The Bertz CT molecular complexity index is 613. The van der Waals surface area contributed by atoms with Gasteiger partial charge in [-0.05, 0) is 18.1 Å². The number of amides is 2. The normalized spacial score (nSPS) is 23.8. The number of nitrogens with zero attached hydrogens (tertiary/aromatic N) is 1. The minimum Gasteiger partial charge on any atom is -0.481 e. The summed E-state index contributed by atoms with van der Waals surface area (Å²) in [5, 5.41) is 11.7. The van der Waals surface area contributed by atoms with E-state index in [9.17, 15) is 14.4 Å². The van der Waals surface area contributed by atoms with Gasteiger partial charge in [-0.2, -0.15) is 0 Å². The minimum absolute atomic E-state index is 0.00216. The summed E-state index contributed by atoms with van der Waals surface area (Å²) in [6, 6.07) is 6.87. The molecule has 21 heavy (non-hydrogen) atoms. The third-order valence-electron chi connectivity index (χ3n) is 4.05. The van der Waals surface area contributed by atoms with Crippen molar-refractivity contribution in [3.05, 3.63) is 29.8 Å². The fourth-order valence-corrected chi connectivity index (χ4v) is 3.08. The predicted octanol–water partition coefficient (Wildman–Crippen LogP) is 0.870. The Balaban J connectivity index is 1.85. The first-order valence-corrected chi connectivity index (χ1v) is 6.97. The van der Waals surface area contributed by atoms with Crippen LogP contribution in [0.2, 0.25) is 0 Å². The molecular weight excluding hydrogens is 272 g/mol. The Morgan fingerprint density at radius 3 is 2.76 bits per heavy atom. The maximum absolute atomic E-state index is 12.6. The molecule has 2 aliphatic heterocycles. The second-order valence-electron chi connectivity index (χ2n) is 5.46. The Labute approximate surface area is 121 Å². The van der Waals surface area contributed by atoms with E-state index in [1.165, 1.54) is 0 Å². The molecule has 2 atom stereocenters. The summed E-state index contributed by atoms with van der Waals surface area (Å²) in [6.07, 6.45) is 0.863. The monoisotopic (exact) mass is 288 g/mol. The Morgan fingerprint density at radius 1 is 1.33 bits per heavy atom. The SMILES string of the molecule is O=C(O)CC1CN(C(=O)[C@@H]2CCC(=O)N2)c2ccccc21. The van der Waals surface area contributed by atoms with Crippen LogP contribution in [0, 0.1) is 0 Å². The number of rotatable bonds is 3. The summed E-state index contributed by atoms with van der Waals surface area (Å²) in [5.74, 6) is -1.33. The highest BCUT2D eigenvalue weighted by Crippen LogP contribution is 2.38. The maximum atomic E-state index is 12.6. The van der Waals surface area contributed by atoms with Gasteiger partial charge in [0.05, 0.1) is 6.42 Å². The molecule has 2 N–H and O–H groups in total. The van der Waals surface area contributed by atoms with Crippen LogP contribution in [0.25, 0.3) is 0 Å². The summed E-state index contributed by atoms with van der Waals surface area (Å²) in [7, 11) is 0. The first-order valence-electron chi connectivity index (χ1n) is 6.97. The van der Waals surface area contributed by atoms with Gasteiger partial charge >= 0.3 is 5.97 Å². The fraction of sp³-hybridized carbons (Fsp3) is 0.400. The molecular formula is C15H16N2O4. The van der Waals surface area contributed by atoms with Crippen LogP contribution in [0.15, 0.2) is 24.3 Å². The van der Waals surface area contributed by atoms with Crippen LogP contribution < -0.4 is 10.2 Å². The average molecular weight is 288 g/mol. The molecule has 6 nitrogen and oxygen atoms in total. The molecule has 1 aromatic carbocycles. The summed E-state index contributed by atoms with van der Waals surface area (Å²) in [6.45, 7) is 0.358. The van der Waals surface area contributed by atoms with E-state index in [0.29, 0.717) is 19.4 Å². The van der Waals surface area contributed by atoms with Crippen molar-refractivity contribution >= 4 is 23.5 Å². The lowest BCUT2D eigenvalue weighted by atomic mass is 9.98. The van der Waals surface area contributed by atoms with Gasteiger partial charge in [-0.1, -0.05) is 18.2 Å². The smallest absolute Gasteiger partial charge is 0.304 e. The fourth-order valence-electron chi connectivity index (χ4n) is 3.08. The van der Waals surface area contributed by atoms with E-state index in [-0.39, 0.29) is 24.2 Å². The molecule has 2 heterocycles. The Morgan fingerprint density at radius 2 is 2.10 bits per heavy atom. The maximum Gasteiger partial charge on any atom is 0.304 e. The predicted molar refractivity (Wildman–Crippen MR) is 75.0 cm³/mol. The number of hydrogen-bond acceptors (Lipinski definition) is 3. The number of carbonyl (C=O) groups is 3. The van der Waals surface area contributed by atoms with Crippen LogP contribution in [-0.4, -0.2) is 35.5 Å². The molecule has 0 aliphatic carbocycles. The van der Waals surface area contributed by atoms with Crippen molar-refractivity contribution in [1.29, 1.82) is 0 Å². The van der Waals surface area contributed by atoms with Crippen LogP contribution in [0.5, 0.6) is 0 Å². The molecule has 2 amide bonds. The zero-order valence-corrected chi connectivity index (χ0v) is 11.4. The summed E-state index contributed by atoms with van der Waals surface area (Å²) < 4.78 is 0. The van der Waals surface area contributed by atoms with Crippen molar-refractivity contribution in [3.8, 4) is 0 Å². The number of hydrogen-bond donors (Lipinski definition) is 2. The second kappa shape index (κ2) is 5.20. The number of carboxylic acids is 1. The summed E-state index contributed by atoms with van der Waals surface area (Å²) in [4.78, 5) is 36.4. The number of carboxylic acid groups (broad SMARTS) is 1. The van der Waals surface area contributed by atoms with Crippen molar-refractivity contribution in [2.24, 2.45) is 0 Å². The molecule has 0 spiro atoms. The highest BCUT2D eigenvalue weighted by atomic mass is 16.4. The third-order valence-corrected chi connectivity index (χ3v) is 4.05. The van der Waals surface area contributed by atoms with Gasteiger partial charge in [0.1, 0.15) is 6.04 Å². The summed E-state index contributed by atoms with van der Waals surface area (Å²) in [5.41, 5.74) is 1.65. The molecule has 0 bridgehead atoms. The lowest BCUT2D eigenvalue weighted by Crippen LogP contribution is -2.44. The third kappa shape index (κ3) is 2.49. The second-order valence-corrected chi connectivity index (χ2v) is 5.46. The van der Waals surface area contributed by atoms with E-state index in [0.717, 1.165) is 11.3 Å². The number of nitrogens with one attached hydrogen (secondary N) is 1. The van der Waals surface area contributed by atoms with Crippen molar-refractivity contribution in [3.63, 3.8) is 0 Å². The largest absolute Gasteiger partial charge is 0.481 e. The molecule has 2 aliphatic rings. The zero-order chi connectivity index (χ0) is 15.0. The molecule has 3 rings (SSSR count). The van der Waals surface area contributed by atoms with Crippen molar-refractivity contribution in [2.75, 3.05) is 11.4 Å². The van der Waals surface area contributed by atoms with E-state index in [4.69, 9.17) is 5.11 Å². The topological polar surface area (TPSA) is 86.7 Å². The lowest BCUT2D eigenvalue weighted by molar-refractivity contribution is -0.137. The van der Waals surface area contributed by atoms with Crippen LogP contribution in [0.3, 0.4) is 0 Å². The highest BCUT2D eigenvalue weighted by molar-refractivity contribution is 6.02. The first-order chi connectivity index (χ1) is 10.1. The van der Waals surface area contributed by atoms with Crippen molar-refractivity contribution in [2.45, 2.75) is 31.2 Å². The molecule has 0 radical (unpaired) electrons. The van der Waals surface area contributed by atoms with Crippen LogP contribution >= 0.6 is 0 Å². The van der Waals surface area contributed by atoms with Gasteiger partial charge in [0.15, 0.2) is 0 Å². The van der Waals surface area contributed by atoms with Gasteiger partial charge in [-0.3, -0.25) is 14.4 Å². The molecule has 1 unspecified atom stereocenters. The first kappa shape index (κ1) is 13.6. The van der Waals surface area contributed by atoms with Crippen molar-refractivity contribution in [1.82, 2.24) is 5.32 Å². The van der Waals surface area contributed by atoms with Gasteiger partial charge < -0.3 is 15.3 Å². The number of fused-ring (bicyclic) bond motifs is 1. The summed E-state index contributed by atoms with van der Waals surface area (Å²) >= 11 is 0. The Hall–Kier alpha value is -2.37. The standard InChI is InChI=1S/C15H16N2O4/c18-13-6-5-11(16-13)15(21)17-8-9(7-14(19)20)10-3-1-2-4-12(10)17/h1-4,9,11H,5-8H2,(H,16,18)(H,19,20)/t9?,11-/m0/s1. The van der Waals surface area contributed by atoms with Crippen LogP contribution in [-0.2, 0) is 14.4 Å². The van der Waals surface area contributed by atoms with Gasteiger partial charge in [0.25, 0.3) is 0 Å². The van der Waals surface area contributed by atoms with E-state index in [1.807, 2.05) is 24.3 Å². The molecule has 110 valence electrons. The van der Waals surface area contributed by atoms with E-state index >= 15 is 0 Å². The van der Waals surface area contributed by atoms with Gasteiger partial charge in [0, 0.05) is 24.6 Å². The number of carbonyl (C=O) groups excluding carboxylic acids is 2. The molecule has 1 fully saturated rings. The zero-order valence-electron chi connectivity index (χ0n) is 11.4. The van der Waals surface area contributed by atoms with E-state index < -0.39 is 12.0 Å². The number of para-hydroxylation sites is 1. The Kier molecular flexibility index (Phi) is 3.37. The van der Waals surface area contributed by atoms with E-state index in [2.05, 4.69) is 5.32 Å². The van der Waals surface area contributed by atoms with Gasteiger partial charge in [0.2, 0.25) is 11.8 Å². The number of anilines is 1. The number of benzene rings is 1. The molecule has 1 aromatic rings. The molecule has 1 saturated heterocycles. The van der Waals surface area contributed by atoms with Crippen LogP contribution in [0.1, 0.15) is 30.7 Å².